The maximum absolute atomic E-state index is 14.1. The Hall–Kier alpha value is -2.95. The van der Waals surface area contributed by atoms with Gasteiger partial charge in [0.1, 0.15) is 10.6 Å². The van der Waals surface area contributed by atoms with E-state index in [0.717, 1.165) is 24.3 Å². The van der Waals surface area contributed by atoms with E-state index >= 15 is 0 Å². The first-order valence-corrected chi connectivity index (χ1v) is 14.5. The van der Waals surface area contributed by atoms with E-state index < -0.39 is 26.3 Å². The van der Waals surface area contributed by atoms with E-state index in [1.165, 1.54) is 0 Å². The van der Waals surface area contributed by atoms with Crippen LogP contribution in [0.2, 0.25) is 5.02 Å². The van der Waals surface area contributed by atoms with Crippen LogP contribution in [-0.2, 0) is 25.6 Å². The first-order chi connectivity index (χ1) is 18.5. The minimum absolute atomic E-state index is 0.00284. The van der Waals surface area contributed by atoms with Gasteiger partial charge in [0.25, 0.3) is 0 Å². The van der Waals surface area contributed by atoms with Crippen molar-refractivity contribution < 1.29 is 26.4 Å². The third-order valence-corrected chi connectivity index (χ3v) is 10.6. The number of nitrogens with zero attached hydrogens (tertiary/aromatic N) is 3. The monoisotopic (exact) mass is 577 g/mol. The molecule has 1 aromatic heterocycles. The Bertz CT molecular complexity index is 1420. The fraction of sp³-hybridized carbons (Fsp3) is 0.357. The molecule has 2 aromatic carbocycles. The van der Waals surface area contributed by atoms with Gasteiger partial charge in [0, 0.05) is 30.4 Å². The van der Waals surface area contributed by atoms with Gasteiger partial charge in [0.05, 0.1) is 17.0 Å². The third-order valence-electron chi connectivity index (χ3n) is 7.83. The molecule has 206 valence electrons. The van der Waals surface area contributed by atoms with Gasteiger partial charge < -0.3 is 0 Å². The van der Waals surface area contributed by atoms with Gasteiger partial charge in [-0.25, -0.2) is 13.4 Å². The highest BCUT2D eigenvalue weighted by Gasteiger charge is 2.49. The molecule has 0 N–H and O–H groups in total. The normalized spacial score (nSPS) is 23.1. The van der Waals surface area contributed by atoms with Crippen LogP contribution in [0.5, 0.6) is 0 Å². The Kier molecular flexibility index (Phi) is 7.47. The Morgan fingerprint density at radius 1 is 0.923 bits per heavy atom. The summed E-state index contributed by atoms with van der Waals surface area (Å²) in [7, 11) is -4.07. The van der Waals surface area contributed by atoms with Crippen molar-refractivity contribution in [2.75, 3.05) is 24.5 Å². The molecule has 11 heteroatoms. The lowest BCUT2D eigenvalue weighted by molar-refractivity contribution is -0.137. The van der Waals surface area contributed by atoms with Crippen LogP contribution in [0.1, 0.15) is 36.8 Å². The molecule has 2 aliphatic rings. The topological polar surface area (TPSA) is 70.6 Å². The molecule has 1 saturated carbocycles. The van der Waals surface area contributed by atoms with E-state index in [2.05, 4.69) is 9.88 Å². The number of halogens is 4. The zero-order valence-corrected chi connectivity index (χ0v) is 22.5. The molecule has 0 radical (unpaired) electrons. The number of sulfone groups is 1. The van der Waals surface area contributed by atoms with Crippen molar-refractivity contribution in [2.45, 2.75) is 47.5 Å². The van der Waals surface area contributed by atoms with Gasteiger partial charge in [0.15, 0.2) is 9.84 Å². The molecule has 0 unspecified atom stereocenters. The molecule has 6 nitrogen and oxygen atoms in total. The lowest BCUT2D eigenvalue weighted by Crippen LogP contribution is -2.55. The van der Waals surface area contributed by atoms with Gasteiger partial charge in [-0.15, -0.1) is 0 Å². The maximum Gasteiger partial charge on any atom is 0.416 e. The van der Waals surface area contributed by atoms with Crippen molar-refractivity contribution in [3.05, 3.63) is 89.1 Å². The van der Waals surface area contributed by atoms with E-state index in [1.54, 1.807) is 47.5 Å². The van der Waals surface area contributed by atoms with Crippen molar-refractivity contribution in [1.82, 2.24) is 9.88 Å². The number of carbonyl (C=O) groups excluding carboxylic acids is 1. The first kappa shape index (κ1) is 27.6. The van der Waals surface area contributed by atoms with Crippen molar-refractivity contribution in [3.8, 4) is 0 Å². The van der Waals surface area contributed by atoms with Crippen LogP contribution in [0, 0.1) is 0 Å². The number of pyridine rings is 1. The van der Waals surface area contributed by atoms with Crippen LogP contribution in [0.4, 0.5) is 19.0 Å². The molecule has 0 bridgehead atoms. The fourth-order valence-corrected chi connectivity index (χ4v) is 8.00. The van der Waals surface area contributed by atoms with E-state index in [4.69, 9.17) is 11.6 Å². The number of alkyl halides is 3. The lowest BCUT2D eigenvalue weighted by atomic mass is 9.80. The summed E-state index contributed by atoms with van der Waals surface area (Å²) in [4.78, 5) is 20.8. The van der Waals surface area contributed by atoms with E-state index in [0.29, 0.717) is 42.3 Å². The molecule has 0 spiro atoms. The lowest BCUT2D eigenvalue weighted by Gasteiger charge is -2.45. The Morgan fingerprint density at radius 2 is 1.59 bits per heavy atom. The number of rotatable bonds is 5. The predicted octanol–water partition coefficient (Wildman–Crippen LogP) is 5.71. The fourth-order valence-electron chi connectivity index (χ4n) is 5.71. The Labute approximate surface area is 230 Å². The largest absolute Gasteiger partial charge is 0.416 e. The number of piperazine rings is 1. The van der Waals surface area contributed by atoms with Gasteiger partial charge in [-0.1, -0.05) is 29.8 Å². The summed E-state index contributed by atoms with van der Waals surface area (Å²) >= 11 is 6.08. The molecule has 1 aliphatic carbocycles. The smallest absolute Gasteiger partial charge is 0.294 e. The molecule has 39 heavy (non-hydrogen) atoms. The SMILES string of the molecule is O=C1CN(C2CCC(c3ccc(Cl)cc3)(S(=O)(=O)c3ccc(C(F)(F)F)cc3)CC2)CCN1c1ccccn1. The summed E-state index contributed by atoms with van der Waals surface area (Å²) in [6.45, 7) is 1.33. The van der Waals surface area contributed by atoms with Crippen LogP contribution < -0.4 is 4.90 Å². The summed E-state index contributed by atoms with van der Waals surface area (Å²) in [6.07, 6.45) is -1.37. The summed E-state index contributed by atoms with van der Waals surface area (Å²) < 4.78 is 66.2. The highest BCUT2D eigenvalue weighted by molar-refractivity contribution is 7.92. The zero-order valence-electron chi connectivity index (χ0n) is 20.9. The number of aromatic nitrogens is 1. The molecule has 1 aliphatic heterocycles. The van der Waals surface area contributed by atoms with Gasteiger partial charge in [0.2, 0.25) is 5.91 Å². The Morgan fingerprint density at radius 3 is 2.15 bits per heavy atom. The highest BCUT2D eigenvalue weighted by Crippen LogP contribution is 2.48. The summed E-state index contributed by atoms with van der Waals surface area (Å²) in [5, 5.41) is 0.457. The average molecular weight is 578 g/mol. The van der Waals surface area contributed by atoms with Gasteiger partial charge in [-0.05, 0) is 79.8 Å². The molecule has 1 saturated heterocycles. The number of anilines is 1. The highest BCUT2D eigenvalue weighted by atomic mass is 35.5. The van der Waals surface area contributed by atoms with Crippen molar-refractivity contribution in [1.29, 1.82) is 0 Å². The van der Waals surface area contributed by atoms with Crippen LogP contribution in [0.25, 0.3) is 0 Å². The standard InChI is InChI=1S/C28H27ClF3N3O3S/c29-22-8-4-20(5-9-22)27(39(37,38)24-10-6-21(7-11-24)28(30,31)32)14-12-23(13-15-27)34-17-18-35(26(36)19-34)25-3-1-2-16-33-25/h1-11,16,23H,12-15,17-19H2. The summed E-state index contributed by atoms with van der Waals surface area (Å²) in [5.74, 6) is 0.544. The quantitative estimate of drug-likeness (QED) is 0.388. The molecule has 5 rings (SSSR count). The molecule has 2 heterocycles. The number of amides is 1. The average Bonchev–Trinajstić information content (AvgIpc) is 2.93. The van der Waals surface area contributed by atoms with Crippen LogP contribution >= 0.6 is 11.6 Å². The van der Waals surface area contributed by atoms with Crippen LogP contribution in [0.3, 0.4) is 0 Å². The van der Waals surface area contributed by atoms with Gasteiger partial charge in [-0.3, -0.25) is 14.6 Å². The van der Waals surface area contributed by atoms with Crippen LogP contribution in [0.15, 0.2) is 77.8 Å². The number of hydrogen-bond acceptors (Lipinski definition) is 5. The minimum Gasteiger partial charge on any atom is -0.294 e. The minimum atomic E-state index is -4.56. The second-order valence-electron chi connectivity index (χ2n) is 9.96. The van der Waals surface area contributed by atoms with E-state index in [1.807, 2.05) is 6.07 Å². The van der Waals surface area contributed by atoms with Crippen molar-refractivity contribution >= 4 is 33.2 Å². The summed E-state index contributed by atoms with van der Waals surface area (Å²) in [6, 6.07) is 15.7. The van der Waals surface area contributed by atoms with Crippen molar-refractivity contribution in [2.24, 2.45) is 0 Å². The maximum atomic E-state index is 14.1. The van der Waals surface area contributed by atoms with E-state index in [-0.39, 0.29) is 36.2 Å². The first-order valence-electron chi connectivity index (χ1n) is 12.6. The molecule has 3 aromatic rings. The second-order valence-corrected chi connectivity index (χ2v) is 12.7. The number of benzene rings is 2. The van der Waals surface area contributed by atoms with Crippen LogP contribution in [-0.4, -0.2) is 49.9 Å². The number of carbonyl (C=O) groups is 1. The molecule has 0 atom stereocenters. The third kappa shape index (κ3) is 5.29. The molecule has 1 amide bonds. The molecular formula is C28H27ClF3N3O3S. The van der Waals surface area contributed by atoms with Gasteiger partial charge >= 0.3 is 6.18 Å². The molecule has 2 fully saturated rings. The predicted molar refractivity (Wildman–Crippen MR) is 142 cm³/mol. The molecular weight excluding hydrogens is 551 g/mol. The summed E-state index contributed by atoms with van der Waals surface area (Å²) in [5.41, 5.74) is -0.346. The van der Waals surface area contributed by atoms with Gasteiger partial charge in [-0.2, -0.15) is 13.2 Å². The Balaban J connectivity index is 1.39. The van der Waals surface area contributed by atoms with Crippen molar-refractivity contribution in [3.63, 3.8) is 0 Å². The number of hydrogen-bond donors (Lipinski definition) is 0. The zero-order chi connectivity index (χ0) is 27.8. The second kappa shape index (κ2) is 10.6. The van der Waals surface area contributed by atoms with E-state index in [9.17, 15) is 26.4 Å².